The van der Waals surface area contributed by atoms with Crippen LogP contribution in [-0.4, -0.2) is 8.07 Å². The summed E-state index contributed by atoms with van der Waals surface area (Å²) in [6, 6.07) is 72.7. The molecule has 0 aliphatic rings. The summed E-state index contributed by atoms with van der Waals surface area (Å²) < 4.78 is 0. The van der Waals surface area contributed by atoms with E-state index in [1.54, 1.807) is 0 Å². The molecule has 11 rings (SSSR count). The van der Waals surface area contributed by atoms with Crippen LogP contribution in [-0.2, 0) is 0 Å². The number of fused-ring (bicyclic) bond motifs is 3. The fraction of sp³-hybridized carbons (Fsp3) is 0.0370. The lowest BCUT2D eigenvalue weighted by Gasteiger charge is -2.27. The first kappa shape index (κ1) is 31.9. The van der Waals surface area contributed by atoms with Gasteiger partial charge in [0.15, 0.2) is 0 Å². The Morgan fingerprint density at radius 1 is 0.291 bits per heavy atom. The molecule has 0 saturated carbocycles. The third-order valence-corrected chi connectivity index (χ3v) is 15.9. The molecule has 0 unspecified atom stereocenters. The van der Waals surface area contributed by atoms with Gasteiger partial charge in [-0.1, -0.05) is 212 Å². The van der Waals surface area contributed by atoms with Gasteiger partial charge in [-0.3, -0.25) is 0 Å². The second-order valence-corrected chi connectivity index (χ2v) is 20.0. The largest absolute Gasteiger partial charge is 0.113 e. The maximum atomic E-state index is 2.50. The van der Waals surface area contributed by atoms with E-state index in [0.717, 1.165) is 0 Å². The van der Waals surface area contributed by atoms with E-state index in [4.69, 9.17) is 0 Å². The molecular weight excluding hydrogens is 677 g/mol. The Morgan fingerprint density at radius 3 is 1.40 bits per heavy atom. The number of benzene rings is 11. The molecule has 0 bridgehead atoms. The van der Waals surface area contributed by atoms with Crippen LogP contribution < -0.4 is 10.4 Å². The molecule has 0 amide bonds. The minimum absolute atomic E-state index is 1.23. The molecule has 258 valence electrons. The van der Waals surface area contributed by atoms with E-state index >= 15 is 0 Å². The Hall–Kier alpha value is -6.54. The summed E-state index contributed by atoms with van der Waals surface area (Å²) in [5.41, 5.74) is 7.59. The van der Waals surface area contributed by atoms with E-state index in [2.05, 4.69) is 207 Å². The molecular formula is C54H38Si. The van der Waals surface area contributed by atoms with Crippen molar-refractivity contribution in [1.82, 2.24) is 0 Å². The van der Waals surface area contributed by atoms with Gasteiger partial charge in [-0.15, -0.1) is 0 Å². The van der Waals surface area contributed by atoms with Crippen LogP contribution in [0.1, 0.15) is 0 Å². The average Bonchev–Trinajstić information content (AvgIpc) is 3.24. The zero-order chi connectivity index (χ0) is 36.7. The highest BCUT2D eigenvalue weighted by atomic mass is 28.3. The fourth-order valence-electron chi connectivity index (χ4n) is 9.52. The highest BCUT2D eigenvalue weighted by molar-refractivity contribution is 7.01. The lowest BCUT2D eigenvalue weighted by atomic mass is 9.84. The average molecular weight is 715 g/mol. The summed E-state index contributed by atoms with van der Waals surface area (Å²) in [5.74, 6) is 0. The van der Waals surface area contributed by atoms with Crippen molar-refractivity contribution in [2.45, 2.75) is 13.1 Å². The van der Waals surface area contributed by atoms with E-state index in [1.807, 2.05) is 0 Å². The van der Waals surface area contributed by atoms with E-state index in [1.165, 1.54) is 108 Å². The topological polar surface area (TPSA) is 0 Å². The van der Waals surface area contributed by atoms with Gasteiger partial charge in [0.2, 0.25) is 0 Å². The first-order chi connectivity index (χ1) is 27.0. The van der Waals surface area contributed by atoms with Gasteiger partial charge >= 0.3 is 0 Å². The SMILES string of the molecule is C[Si](C)(c1ccc(-c2ccc(-c3c4ccccc4c(-c4cccc5ccccc45)c4ccccc34)cc2)cc1)c1ccc2ccc3cccc4ccc1c2c34. The Kier molecular flexibility index (Phi) is 7.11. The summed E-state index contributed by atoms with van der Waals surface area (Å²) >= 11 is 0. The van der Waals surface area contributed by atoms with Crippen LogP contribution in [0.3, 0.4) is 0 Å². The maximum Gasteiger partial charge on any atom is 0.113 e. The van der Waals surface area contributed by atoms with Crippen LogP contribution in [0.15, 0.2) is 194 Å². The zero-order valence-electron chi connectivity index (χ0n) is 31.0. The van der Waals surface area contributed by atoms with Crippen molar-refractivity contribution in [2.75, 3.05) is 0 Å². The van der Waals surface area contributed by atoms with Crippen molar-refractivity contribution < 1.29 is 0 Å². The van der Waals surface area contributed by atoms with Crippen molar-refractivity contribution in [3.05, 3.63) is 194 Å². The predicted molar refractivity (Wildman–Crippen MR) is 242 cm³/mol. The van der Waals surface area contributed by atoms with E-state index in [9.17, 15) is 0 Å². The third kappa shape index (κ3) is 4.90. The standard InChI is InChI=1S/C54H38Si/c1-55(2,50-34-30-41-26-25-38-13-9-14-39-29-33-49(50)53(41)51(38)39)42-31-27-36(28-32-42)35-21-23-40(24-22-35)52-45-16-5-7-18-47(45)54(48-19-8-6-17-46(48)52)44-20-10-12-37-11-3-4-15-43(37)44/h3-34H,1-2H3. The molecule has 1 heteroatoms. The van der Waals surface area contributed by atoms with Gasteiger partial charge in [-0.25, -0.2) is 0 Å². The minimum Gasteiger partial charge on any atom is -0.0620 e. The van der Waals surface area contributed by atoms with E-state index in [-0.39, 0.29) is 0 Å². The van der Waals surface area contributed by atoms with Crippen LogP contribution in [0.2, 0.25) is 13.1 Å². The molecule has 0 aliphatic heterocycles. The Balaban J connectivity index is 0.981. The Bertz CT molecular complexity index is 3180. The fourth-order valence-corrected chi connectivity index (χ4v) is 12.2. The van der Waals surface area contributed by atoms with E-state index < -0.39 is 8.07 Å². The Morgan fingerprint density at radius 2 is 0.745 bits per heavy atom. The number of hydrogen-bond acceptors (Lipinski definition) is 0. The van der Waals surface area contributed by atoms with Crippen molar-refractivity contribution in [1.29, 1.82) is 0 Å². The first-order valence-electron chi connectivity index (χ1n) is 19.3. The second-order valence-electron chi connectivity index (χ2n) is 15.6. The van der Waals surface area contributed by atoms with Crippen LogP contribution in [0.5, 0.6) is 0 Å². The summed E-state index contributed by atoms with van der Waals surface area (Å²) in [6.07, 6.45) is 0. The molecule has 0 radical (unpaired) electrons. The molecule has 11 aromatic rings. The van der Waals surface area contributed by atoms with Crippen molar-refractivity contribution in [3.8, 4) is 33.4 Å². The monoisotopic (exact) mass is 714 g/mol. The van der Waals surface area contributed by atoms with Crippen LogP contribution in [0.4, 0.5) is 0 Å². The van der Waals surface area contributed by atoms with Gasteiger partial charge in [-0.05, 0) is 103 Å². The van der Waals surface area contributed by atoms with Gasteiger partial charge in [0.1, 0.15) is 8.07 Å². The molecule has 0 aromatic heterocycles. The predicted octanol–water partition coefficient (Wildman–Crippen LogP) is 13.9. The van der Waals surface area contributed by atoms with Gasteiger partial charge in [0.05, 0.1) is 0 Å². The highest BCUT2D eigenvalue weighted by Gasteiger charge is 2.29. The lowest BCUT2D eigenvalue weighted by molar-refractivity contribution is 1.61. The molecule has 11 aromatic carbocycles. The molecule has 0 fully saturated rings. The van der Waals surface area contributed by atoms with Crippen molar-refractivity contribution >= 4 is 83.1 Å². The first-order valence-corrected chi connectivity index (χ1v) is 22.3. The summed E-state index contributed by atoms with van der Waals surface area (Å²) in [5, 5.41) is 18.8. The lowest BCUT2D eigenvalue weighted by Crippen LogP contribution is -2.53. The van der Waals surface area contributed by atoms with Gasteiger partial charge in [0, 0.05) is 0 Å². The molecule has 0 N–H and O–H groups in total. The molecule has 0 atom stereocenters. The quantitative estimate of drug-likeness (QED) is 0.0946. The van der Waals surface area contributed by atoms with Gasteiger partial charge in [0.25, 0.3) is 0 Å². The third-order valence-electron chi connectivity index (χ3n) is 12.3. The van der Waals surface area contributed by atoms with Crippen LogP contribution >= 0.6 is 0 Å². The van der Waals surface area contributed by atoms with Crippen LogP contribution in [0, 0.1) is 0 Å². The van der Waals surface area contributed by atoms with Crippen LogP contribution in [0.25, 0.3) is 98.0 Å². The molecule has 0 spiro atoms. The molecule has 0 aliphatic carbocycles. The number of rotatable bonds is 5. The summed E-state index contributed by atoms with van der Waals surface area (Å²) in [7, 11) is -2.02. The molecule has 0 nitrogen and oxygen atoms in total. The van der Waals surface area contributed by atoms with Crippen molar-refractivity contribution in [3.63, 3.8) is 0 Å². The van der Waals surface area contributed by atoms with Gasteiger partial charge in [-0.2, -0.15) is 0 Å². The smallest absolute Gasteiger partial charge is 0.0620 e. The molecule has 0 heterocycles. The minimum atomic E-state index is -2.02. The van der Waals surface area contributed by atoms with E-state index in [0.29, 0.717) is 0 Å². The maximum absolute atomic E-state index is 2.50. The van der Waals surface area contributed by atoms with Gasteiger partial charge < -0.3 is 0 Å². The second kappa shape index (κ2) is 12.2. The number of hydrogen-bond donors (Lipinski definition) is 0. The normalized spacial score (nSPS) is 12.2. The summed E-state index contributed by atoms with van der Waals surface area (Å²) in [4.78, 5) is 0. The Labute approximate surface area is 322 Å². The molecule has 55 heavy (non-hydrogen) atoms. The molecule has 0 saturated heterocycles. The zero-order valence-corrected chi connectivity index (χ0v) is 32.0. The summed E-state index contributed by atoms with van der Waals surface area (Å²) in [6.45, 7) is 5.01. The highest BCUT2D eigenvalue weighted by Crippen LogP contribution is 2.45. The van der Waals surface area contributed by atoms with Crippen molar-refractivity contribution in [2.24, 2.45) is 0 Å².